The summed E-state index contributed by atoms with van der Waals surface area (Å²) >= 11 is 1.82. The van der Waals surface area contributed by atoms with Gasteiger partial charge >= 0.3 is 0 Å². The van der Waals surface area contributed by atoms with Crippen LogP contribution in [-0.4, -0.2) is 39.4 Å². The zero-order chi connectivity index (χ0) is 20.4. The van der Waals surface area contributed by atoms with Crippen molar-refractivity contribution >= 4 is 33.4 Å². The number of nitrogens with zero attached hydrogens (tertiary/aromatic N) is 1. The summed E-state index contributed by atoms with van der Waals surface area (Å²) in [5.41, 5.74) is 2.91. The number of hydrogen-bond acceptors (Lipinski definition) is 4. The number of aryl methyl sites for hydroxylation is 1. The Morgan fingerprint density at radius 2 is 1.71 bits per heavy atom. The normalized spacial score (nSPS) is 11.2. The van der Waals surface area contributed by atoms with E-state index in [1.54, 1.807) is 12.1 Å². The van der Waals surface area contributed by atoms with Crippen LogP contribution >= 0.6 is 11.8 Å². The molecule has 0 saturated heterocycles. The molecule has 0 saturated carbocycles. The first kappa shape index (κ1) is 22.3. The molecule has 0 radical (unpaired) electrons. The Kier molecular flexibility index (Phi) is 8.86. The molecule has 0 aliphatic rings. The van der Waals surface area contributed by atoms with E-state index in [0.717, 1.165) is 40.5 Å². The summed E-state index contributed by atoms with van der Waals surface area (Å²) in [5.74, 6) is 1.59. The Morgan fingerprint density at radius 3 is 2.32 bits per heavy atom. The third-order valence-corrected chi connectivity index (χ3v) is 6.47. The predicted molar refractivity (Wildman–Crippen MR) is 118 cm³/mol. The lowest BCUT2D eigenvalue weighted by atomic mass is 10.1. The minimum atomic E-state index is -3.53. The summed E-state index contributed by atoms with van der Waals surface area (Å²) in [7, 11) is -3.53. The summed E-state index contributed by atoms with van der Waals surface area (Å²) in [6, 6.07) is 17.5. The van der Waals surface area contributed by atoms with Crippen LogP contribution in [0, 0.1) is 0 Å². The highest BCUT2D eigenvalue weighted by molar-refractivity contribution is 7.98. The van der Waals surface area contributed by atoms with Crippen molar-refractivity contribution in [3.8, 4) is 0 Å². The molecule has 1 N–H and O–H groups in total. The molecule has 0 aliphatic carbocycles. The first-order valence-electron chi connectivity index (χ1n) is 9.35. The van der Waals surface area contributed by atoms with Gasteiger partial charge < -0.3 is 5.32 Å². The zero-order valence-corrected chi connectivity index (χ0v) is 18.1. The Hall–Kier alpha value is -1.99. The van der Waals surface area contributed by atoms with Crippen molar-refractivity contribution in [3.05, 3.63) is 65.7 Å². The third-order valence-electron chi connectivity index (χ3n) is 4.22. The average molecular weight is 421 g/mol. The Bertz CT molecular complexity index is 838. The van der Waals surface area contributed by atoms with Crippen LogP contribution in [0.4, 0.5) is 5.69 Å². The number of carbonyl (C=O) groups is 1. The molecular weight excluding hydrogens is 392 g/mol. The van der Waals surface area contributed by atoms with Gasteiger partial charge in [-0.2, -0.15) is 11.8 Å². The number of amides is 1. The van der Waals surface area contributed by atoms with Crippen LogP contribution in [0.5, 0.6) is 0 Å². The van der Waals surface area contributed by atoms with Crippen molar-refractivity contribution in [2.24, 2.45) is 0 Å². The largest absolute Gasteiger partial charge is 0.354 e. The average Bonchev–Trinajstić information content (AvgIpc) is 2.69. The van der Waals surface area contributed by atoms with Gasteiger partial charge in [-0.25, -0.2) is 8.42 Å². The molecule has 0 aliphatic heterocycles. The van der Waals surface area contributed by atoms with E-state index in [9.17, 15) is 13.2 Å². The second kappa shape index (κ2) is 11.1. The molecule has 2 rings (SSSR count). The predicted octanol–water partition coefficient (Wildman–Crippen LogP) is 3.45. The van der Waals surface area contributed by atoms with Crippen molar-refractivity contribution in [1.29, 1.82) is 0 Å². The number of benzene rings is 2. The van der Waals surface area contributed by atoms with Crippen molar-refractivity contribution in [2.75, 3.05) is 29.4 Å². The van der Waals surface area contributed by atoms with Gasteiger partial charge in [-0.3, -0.25) is 9.10 Å². The van der Waals surface area contributed by atoms with Crippen molar-refractivity contribution < 1.29 is 13.2 Å². The summed E-state index contributed by atoms with van der Waals surface area (Å²) < 4.78 is 25.4. The smallest absolute Gasteiger partial charge is 0.240 e. The number of sulfonamides is 1. The molecule has 1 amide bonds. The fraction of sp³-hybridized carbons (Fsp3) is 0.381. The Labute approximate surface area is 172 Å². The van der Waals surface area contributed by atoms with Crippen LogP contribution < -0.4 is 9.62 Å². The Balaban J connectivity index is 1.76. The first-order valence-corrected chi connectivity index (χ1v) is 12.4. The fourth-order valence-electron chi connectivity index (χ4n) is 2.65. The van der Waals surface area contributed by atoms with Gasteiger partial charge in [-0.15, -0.1) is 0 Å². The van der Waals surface area contributed by atoms with Gasteiger partial charge in [0.05, 0.1) is 11.9 Å². The van der Waals surface area contributed by atoms with Crippen LogP contribution in [-0.2, 0) is 27.0 Å². The van der Waals surface area contributed by atoms with Crippen LogP contribution in [0.15, 0.2) is 54.6 Å². The van der Waals surface area contributed by atoms with Crippen molar-refractivity contribution in [1.82, 2.24) is 5.32 Å². The Morgan fingerprint density at radius 1 is 1.04 bits per heavy atom. The van der Waals surface area contributed by atoms with Crippen LogP contribution in [0.1, 0.15) is 24.5 Å². The molecule has 7 heteroatoms. The summed E-state index contributed by atoms with van der Waals surface area (Å²) in [5, 5.41) is 2.82. The van der Waals surface area contributed by atoms with Gasteiger partial charge in [0.1, 0.15) is 6.54 Å². The molecule has 5 nitrogen and oxygen atoms in total. The van der Waals surface area contributed by atoms with Gasteiger partial charge in [0, 0.05) is 12.3 Å². The molecule has 0 spiro atoms. The van der Waals surface area contributed by atoms with Crippen LogP contribution in [0.3, 0.4) is 0 Å². The van der Waals surface area contributed by atoms with E-state index in [1.807, 2.05) is 49.0 Å². The molecule has 0 bridgehead atoms. The minimum absolute atomic E-state index is 0.207. The van der Waals surface area contributed by atoms with Crippen LogP contribution in [0.2, 0.25) is 0 Å². The van der Waals surface area contributed by atoms with Gasteiger partial charge in [-0.1, -0.05) is 49.4 Å². The second-order valence-electron chi connectivity index (χ2n) is 6.53. The van der Waals surface area contributed by atoms with Gasteiger partial charge in [0.25, 0.3) is 0 Å². The molecule has 28 heavy (non-hydrogen) atoms. The zero-order valence-electron chi connectivity index (χ0n) is 16.4. The molecule has 0 fully saturated rings. The standard InChI is InChI=1S/C21H28N2O3S2/c1-3-18-10-12-20(13-11-18)23(28(2,25)26)16-21(24)22-14-7-15-27-17-19-8-5-4-6-9-19/h4-6,8-13H,3,7,14-17H2,1-2H3,(H,22,24). The molecule has 0 atom stereocenters. The topological polar surface area (TPSA) is 66.5 Å². The second-order valence-corrected chi connectivity index (χ2v) is 9.54. The quantitative estimate of drug-likeness (QED) is 0.566. The molecule has 2 aromatic carbocycles. The highest BCUT2D eigenvalue weighted by atomic mass is 32.2. The van der Waals surface area contributed by atoms with E-state index < -0.39 is 10.0 Å². The SMILES string of the molecule is CCc1ccc(N(CC(=O)NCCCSCc2ccccc2)S(C)(=O)=O)cc1. The number of nitrogens with one attached hydrogen (secondary N) is 1. The number of thioether (sulfide) groups is 1. The maximum atomic E-state index is 12.2. The van der Waals surface area contributed by atoms with E-state index in [0.29, 0.717) is 12.2 Å². The first-order chi connectivity index (χ1) is 13.4. The fourth-order valence-corrected chi connectivity index (χ4v) is 4.43. The molecule has 0 unspecified atom stereocenters. The molecule has 0 aromatic heterocycles. The van der Waals surface area contributed by atoms with Gasteiger partial charge in [0.15, 0.2) is 0 Å². The van der Waals surface area contributed by atoms with E-state index >= 15 is 0 Å². The summed E-state index contributed by atoms with van der Waals surface area (Å²) in [4.78, 5) is 12.2. The number of rotatable bonds is 11. The number of anilines is 1. The van der Waals surface area contributed by atoms with E-state index in [-0.39, 0.29) is 12.5 Å². The lowest BCUT2D eigenvalue weighted by Gasteiger charge is -2.22. The highest BCUT2D eigenvalue weighted by Gasteiger charge is 2.20. The third kappa shape index (κ3) is 7.56. The minimum Gasteiger partial charge on any atom is -0.354 e. The number of carbonyl (C=O) groups excluding carboxylic acids is 1. The highest BCUT2D eigenvalue weighted by Crippen LogP contribution is 2.18. The van der Waals surface area contributed by atoms with E-state index in [2.05, 4.69) is 17.4 Å². The van der Waals surface area contributed by atoms with Crippen molar-refractivity contribution in [2.45, 2.75) is 25.5 Å². The lowest BCUT2D eigenvalue weighted by molar-refractivity contribution is -0.119. The van der Waals surface area contributed by atoms with E-state index in [4.69, 9.17) is 0 Å². The van der Waals surface area contributed by atoms with Crippen molar-refractivity contribution in [3.63, 3.8) is 0 Å². The number of hydrogen-bond donors (Lipinski definition) is 1. The van der Waals surface area contributed by atoms with Gasteiger partial charge in [0.2, 0.25) is 15.9 Å². The monoisotopic (exact) mass is 420 g/mol. The van der Waals surface area contributed by atoms with E-state index in [1.165, 1.54) is 5.56 Å². The maximum Gasteiger partial charge on any atom is 0.240 e. The molecule has 2 aromatic rings. The van der Waals surface area contributed by atoms with Gasteiger partial charge in [-0.05, 0) is 41.9 Å². The molecule has 152 valence electrons. The molecule has 0 heterocycles. The maximum absolute atomic E-state index is 12.2. The summed E-state index contributed by atoms with van der Waals surface area (Å²) in [6.45, 7) is 2.36. The summed E-state index contributed by atoms with van der Waals surface area (Å²) in [6.07, 6.45) is 2.84. The van der Waals surface area contributed by atoms with Crippen LogP contribution in [0.25, 0.3) is 0 Å². The lowest BCUT2D eigenvalue weighted by Crippen LogP contribution is -2.40. The molecular formula is C21H28N2O3S2.